The monoisotopic (exact) mass is 428 g/mol. The molecular formula is C21H18Cl2N4O2. The molecule has 1 fully saturated rings. The number of aliphatic hydroxyl groups excluding tert-OH is 1. The number of amides is 1. The van der Waals surface area contributed by atoms with Crippen molar-refractivity contribution in [3.8, 4) is 11.1 Å². The largest absolute Gasteiger partial charge is 0.369 e. The predicted octanol–water partition coefficient (Wildman–Crippen LogP) is 4.90. The highest BCUT2D eigenvalue weighted by atomic mass is 35.5. The second-order valence-electron chi connectivity index (χ2n) is 6.87. The highest BCUT2D eigenvalue weighted by Gasteiger charge is 2.29. The molecule has 3 aromatic rings. The van der Waals surface area contributed by atoms with Crippen LogP contribution >= 0.6 is 23.2 Å². The third-order valence-electron chi connectivity index (χ3n) is 4.58. The van der Waals surface area contributed by atoms with Crippen LogP contribution in [0.1, 0.15) is 24.6 Å². The molecule has 1 saturated carbocycles. The summed E-state index contributed by atoms with van der Waals surface area (Å²) in [6.45, 7) is 0. The van der Waals surface area contributed by atoms with Gasteiger partial charge in [0.05, 0.1) is 11.9 Å². The van der Waals surface area contributed by atoms with E-state index in [4.69, 9.17) is 23.2 Å². The van der Waals surface area contributed by atoms with E-state index in [0.29, 0.717) is 27.1 Å². The molecule has 0 saturated heterocycles. The summed E-state index contributed by atoms with van der Waals surface area (Å²) < 4.78 is 0. The van der Waals surface area contributed by atoms with E-state index in [-0.39, 0.29) is 11.8 Å². The number of anilines is 2. The fourth-order valence-electron chi connectivity index (χ4n) is 2.89. The van der Waals surface area contributed by atoms with Crippen molar-refractivity contribution in [2.45, 2.75) is 19.1 Å². The summed E-state index contributed by atoms with van der Waals surface area (Å²) in [7, 11) is 0. The van der Waals surface area contributed by atoms with Crippen molar-refractivity contribution < 1.29 is 9.90 Å². The highest BCUT2D eigenvalue weighted by molar-refractivity contribution is 6.36. The summed E-state index contributed by atoms with van der Waals surface area (Å²) >= 11 is 12.2. The minimum absolute atomic E-state index is 0.0335. The maximum absolute atomic E-state index is 11.9. The Morgan fingerprint density at radius 1 is 1.14 bits per heavy atom. The van der Waals surface area contributed by atoms with Crippen LogP contribution in [0.2, 0.25) is 10.0 Å². The molecule has 4 rings (SSSR count). The van der Waals surface area contributed by atoms with Crippen molar-refractivity contribution in [1.29, 1.82) is 0 Å². The molecule has 148 valence electrons. The molecular weight excluding hydrogens is 411 g/mol. The van der Waals surface area contributed by atoms with Crippen molar-refractivity contribution in [3.63, 3.8) is 0 Å². The molecule has 8 heteroatoms. The molecule has 1 aromatic carbocycles. The summed E-state index contributed by atoms with van der Waals surface area (Å²) in [6.07, 6.45) is 5.66. The van der Waals surface area contributed by atoms with Crippen LogP contribution in [0.15, 0.2) is 55.0 Å². The van der Waals surface area contributed by atoms with E-state index in [1.54, 1.807) is 42.9 Å². The second kappa shape index (κ2) is 8.37. The van der Waals surface area contributed by atoms with Gasteiger partial charge in [-0.05, 0) is 43.2 Å². The normalized spacial score (nSPS) is 14.3. The molecule has 0 bridgehead atoms. The van der Waals surface area contributed by atoms with E-state index in [1.165, 1.54) is 0 Å². The molecule has 1 unspecified atom stereocenters. The van der Waals surface area contributed by atoms with E-state index in [2.05, 4.69) is 20.6 Å². The van der Waals surface area contributed by atoms with Gasteiger partial charge in [0.25, 0.3) is 0 Å². The van der Waals surface area contributed by atoms with Crippen molar-refractivity contribution >= 4 is 40.6 Å². The topological polar surface area (TPSA) is 87.1 Å². The number of aliphatic hydroxyl groups is 1. The Bertz CT molecular complexity index is 1060. The van der Waals surface area contributed by atoms with Gasteiger partial charge in [-0.25, -0.2) is 4.98 Å². The minimum atomic E-state index is -1.01. The number of pyridine rings is 2. The van der Waals surface area contributed by atoms with Crippen molar-refractivity contribution in [3.05, 3.63) is 70.6 Å². The number of rotatable bonds is 6. The van der Waals surface area contributed by atoms with Gasteiger partial charge in [0, 0.05) is 45.0 Å². The number of hydrogen-bond acceptors (Lipinski definition) is 5. The number of carbonyl (C=O) groups is 1. The van der Waals surface area contributed by atoms with Crippen molar-refractivity contribution in [2.75, 3.05) is 10.6 Å². The molecule has 0 spiro atoms. The lowest BCUT2D eigenvalue weighted by molar-refractivity contribution is -0.117. The lowest BCUT2D eigenvalue weighted by Crippen LogP contribution is -2.15. The molecule has 0 radical (unpaired) electrons. The molecule has 1 atom stereocenters. The molecule has 1 amide bonds. The summed E-state index contributed by atoms with van der Waals surface area (Å²) in [4.78, 5) is 20.3. The van der Waals surface area contributed by atoms with Gasteiger partial charge in [0.15, 0.2) is 6.23 Å². The van der Waals surface area contributed by atoms with E-state index in [0.717, 1.165) is 24.0 Å². The summed E-state index contributed by atoms with van der Waals surface area (Å²) in [5, 5.41) is 17.4. The average Bonchev–Trinajstić information content (AvgIpc) is 3.54. The molecule has 6 nitrogen and oxygen atoms in total. The quantitative estimate of drug-likeness (QED) is 0.485. The molecule has 1 aliphatic carbocycles. The SMILES string of the molecule is O=C(Nc1cc(C(O)Nc2cncc(-c3ccc(Cl)cc3Cl)c2)ccn1)C1CC1. The van der Waals surface area contributed by atoms with Crippen LogP contribution in [0.25, 0.3) is 11.1 Å². The summed E-state index contributed by atoms with van der Waals surface area (Å²) in [5.74, 6) is 0.464. The van der Waals surface area contributed by atoms with Gasteiger partial charge in [0.1, 0.15) is 5.82 Å². The van der Waals surface area contributed by atoms with Gasteiger partial charge < -0.3 is 15.7 Å². The van der Waals surface area contributed by atoms with Crippen LogP contribution in [-0.2, 0) is 4.79 Å². The van der Waals surface area contributed by atoms with Crippen LogP contribution in [-0.4, -0.2) is 21.0 Å². The van der Waals surface area contributed by atoms with E-state index < -0.39 is 6.23 Å². The minimum Gasteiger partial charge on any atom is -0.369 e. The van der Waals surface area contributed by atoms with Crippen molar-refractivity contribution in [1.82, 2.24) is 9.97 Å². The van der Waals surface area contributed by atoms with Crippen LogP contribution in [0, 0.1) is 5.92 Å². The van der Waals surface area contributed by atoms with Gasteiger partial charge >= 0.3 is 0 Å². The lowest BCUT2D eigenvalue weighted by Gasteiger charge is -2.16. The van der Waals surface area contributed by atoms with E-state index >= 15 is 0 Å². The first kappa shape index (κ1) is 19.6. The number of halogens is 2. The molecule has 2 aromatic heterocycles. The number of nitrogens with zero attached hydrogens (tertiary/aromatic N) is 2. The van der Waals surface area contributed by atoms with Crippen LogP contribution in [0.4, 0.5) is 11.5 Å². The van der Waals surface area contributed by atoms with E-state index in [1.807, 2.05) is 12.1 Å². The fraction of sp³-hybridized carbons (Fsp3) is 0.190. The molecule has 0 aliphatic heterocycles. The Balaban J connectivity index is 1.50. The number of benzene rings is 1. The lowest BCUT2D eigenvalue weighted by atomic mass is 10.1. The molecule has 29 heavy (non-hydrogen) atoms. The van der Waals surface area contributed by atoms with Crippen LogP contribution < -0.4 is 10.6 Å². The third kappa shape index (κ3) is 4.85. The molecule has 1 aliphatic rings. The van der Waals surface area contributed by atoms with Gasteiger partial charge in [-0.2, -0.15) is 0 Å². The summed E-state index contributed by atoms with van der Waals surface area (Å²) in [5.41, 5.74) is 2.76. The standard InChI is InChI=1S/C21H18Cl2N4O2/c22-15-3-4-17(18(23)9-15)14-7-16(11-24-10-14)26-21(29)13-5-6-25-19(8-13)27-20(28)12-1-2-12/h3-12,21,26,29H,1-2H2,(H,25,27,28). The Labute approximate surface area is 177 Å². The van der Waals surface area contributed by atoms with E-state index in [9.17, 15) is 9.90 Å². The average molecular weight is 429 g/mol. The zero-order chi connectivity index (χ0) is 20.4. The Hall–Kier alpha value is -2.67. The van der Waals surface area contributed by atoms with Crippen molar-refractivity contribution in [2.24, 2.45) is 5.92 Å². The number of nitrogens with one attached hydrogen (secondary N) is 2. The number of hydrogen-bond donors (Lipinski definition) is 3. The zero-order valence-electron chi connectivity index (χ0n) is 15.3. The predicted molar refractivity (Wildman–Crippen MR) is 114 cm³/mol. The fourth-order valence-corrected chi connectivity index (χ4v) is 3.41. The maximum atomic E-state index is 11.9. The Morgan fingerprint density at radius 2 is 1.97 bits per heavy atom. The number of aromatic nitrogens is 2. The molecule has 3 N–H and O–H groups in total. The van der Waals surface area contributed by atoms with Gasteiger partial charge in [0.2, 0.25) is 5.91 Å². The van der Waals surface area contributed by atoms with Gasteiger partial charge in [-0.1, -0.05) is 29.3 Å². The van der Waals surface area contributed by atoms with Gasteiger partial charge in [-0.15, -0.1) is 0 Å². The maximum Gasteiger partial charge on any atom is 0.228 e. The first-order valence-electron chi connectivity index (χ1n) is 9.11. The third-order valence-corrected chi connectivity index (χ3v) is 5.13. The number of carbonyl (C=O) groups excluding carboxylic acids is 1. The zero-order valence-corrected chi connectivity index (χ0v) is 16.8. The smallest absolute Gasteiger partial charge is 0.228 e. The Kier molecular flexibility index (Phi) is 5.67. The summed E-state index contributed by atoms with van der Waals surface area (Å²) in [6, 6.07) is 10.4. The first-order chi connectivity index (χ1) is 14.0. The van der Waals surface area contributed by atoms with Crippen LogP contribution in [0.5, 0.6) is 0 Å². The first-order valence-corrected chi connectivity index (χ1v) is 9.87. The Morgan fingerprint density at radius 3 is 2.72 bits per heavy atom. The second-order valence-corrected chi connectivity index (χ2v) is 7.71. The van der Waals surface area contributed by atoms with Gasteiger partial charge in [-0.3, -0.25) is 9.78 Å². The van der Waals surface area contributed by atoms with Crippen LogP contribution in [0.3, 0.4) is 0 Å². The highest BCUT2D eigenvalue weighted by Crippen LogP contribution is 2.32. The molecule has 2 heterocycles.